The highest BCUT2D eigenvalue weighted by atomic mass is 35.5. The predicted octanol–water partition coefficient (Wildman–Crippen LogP) is 1.26. The van der Waals surface area contributed by atoms with Gasteiger partial charge in [-0.3, -0.25) is 14.0 Å². The standard InChI is InChI=1S/C13H18N4O2S2.ClH/c1-9(14)2-3-15-11(18)8-20-7-10-6-12(19)17-4-5-21-13(17)16-10;/h4-6,9H,2-3,7-8,14H2,1H3,(H,15,18);1H. The van der Waals surface area contributed by atoms with Crippen molar-refractivity contribution in [3.05, 3.63) is 33.7 Å². The molecule has 6 nitrogen and oxygen atoms in total. The Morgan fingerprint density at radius 1 is 1.59 bits per heavy atom. The number of carbonyl (C=O) groups excluding carboxylic acids is 1. The van der Waals surface area contributed by atoms with Gasteiger partial charge in [-0.1, -0.05) is 0 Å². The predicted molar refractivity (Wildman–Crippen MR) is 94.0 cm³/mol. The quantitative estimate of drug-likeness (QED) is 0.774. The van der Waals surface area contributed by atoms with Crippen LogP contribution in [-0.2, 0) is 10.5 Å². The first-order chi connectivity index (χ1) is 10.1. The van der Waals surface area contributed by atoms with E-state index in [0.29, 0.717) is 28.7 Å². The lowest BCUT2D eigenvalue weighted by atomic mass is 10.2. The molecule has 2 aromatic rings. The molecule has 9 heteroatoms. The van der Waals surface area contributed by atoms with E-state index in [-0.39, 0.29) is 29.9 Å². The molecule has 122 valence electrons. The second-order valence-corrected chi connectivity index (χ2v) is 6.61. The number of carbonyl (C=O) groups is 1. The van der Waals surface area contributed by atoms with E-state index in [0.717, 1.165) is 6.42 Å². The van der Waals surface area contributed by atoms with Gasteiger partial charge in [0.25, 0.3) is 5.56 Å². The Balaban J connectivity index is 0.00000242. The summed E-state index contributed by atoms with van der Waals surface area (Å²) in [6, 6.07) is 1.61. The maximum atomic E-state index is 11.8. The number of aromatic nitrogens is 2. The fraction of sp³-hybridized carbons (Fsp3) is 0.462. The Morgan fingerprint density at radius 2 is 2.36 bits per heavy atom. The Kier molecular flexibility index (Phi) is 7.88. The molecular formula is C13H19ClN4O2S2. The zero-order valence-corrected chi connectivity index (χ0v) is 14.6. The van der Waals surface area contributed by atoms with Crippen LogP contribution < -0.4 is 16.6 Å². The summed E-state index contributed by atoms with van der Waals surface area (Å²) in [6.45, 7) is 2.50. The summed E-state index contributed by atoms with van der Waals surface area (Å²) in [5.74, 6) is 0.879. The third-order valence-corrected chi connectivity index (χ3v) is 4.48. The van der Waals surface area contributed by atoms with Crippen molar-refractivity contribution in [2.24, 2.45) is 5.73 Å². The van der Waals surface area contributed by atoms with Gasteiger partial charge in [-0.2, -0.15) is 0 Å². The van der Waals surface area contributed by atoms with Crippen molar-refractivity contribution in [1.29, 1.82) is 0 Å². The zero-order chi connectivity index (χ0) is 15.2. The fourth-order valence-corrected chi connectivity index (χ4v) is 3.19. The number of rotatable bonds is 7. The minimum atomic E-state index is -0.0850. The highest BCUT2D eigenvalue weighted by Crippen LogP contribution is 2.12. The van der Waals surface area contributed by atoms with Crippen molar-refractivity contribution in [3.63, 3.8) is 0 Å². The van der Waals surface area contributed by atoms with Gasteiger partial charge in [0.05, 0.1) is 11.4 Å². The molecule has 1 atom stereocenters. The van der Waals surface area contributed by atoms with Gasteiger partial charge in [0, 0.05) is 36.0 Å². The molecule has 0 spiro atoms. The number of thioether (sulfide) groups is 1. The van der Waals surface area contributed by atoms with E-state index in [9.17, 15) is 9.59 Å². The van der Waals surface area contributed by atoms with Crippen LogP contribution in [0, 0.1) is 0 Å². The minimum Gasteiger partial charge on any atom is -0.355 e. The first-order valence-electron chi connectivity index (χ1n) is 6.62. The minimum absolute atomic E-state index is 0. The van der Waals surface area contributed by atoms with Crippen molar-refractivity contribution in [1.82, 2.24) is 14.7 Å². The van der Waals surface area contributed by atoms with Gasteiger partial charge in [-0.05, 0) is 13.3 Å². The molecule has 0 saturated carbocycles. The lowest BCUT2D eigenvalue weighted by Gasteiger charge is -2.07. The largest absolute Gasteiger partial charge is 0.355 e. The summed E-state index contributed by atoms with van der Waals surface area (Å²) in [6.07, 6.45) is 2.47. The molecule has 2 aromatic heterocycles. The normalized spacial score (nSPS) is 11.9. The van der Waals surface area contributed by atoms with Gasteiger partial charge >= 0.3 is 0 Å². The monoisotopic (exact) mass is 362 g/mol. The van der Waals surface area contributed by atoms with Gasteiger partial charge < -0.3 is 11.1 Å². The summed E-state index contributed by atoms with van der Waals surface area (Å²) in [7, 11) is 0. The summed E-state index contributed by atoms with van der Waals surface area (Å²) in [5, 5.41) is 4.64. The Hall–Kier alpha value is -1.09. The lowest BCUT2D eigenvalue weighted by molar-refractivity contribution is -0.118. The molecule has 2 heterocycles. The number of thiazole rings is 1. The first-order valence-corrected chi connectivity index (χ1v) is 8.65. The number of nitrogens with zero attached hydrogens (tertiary/aromatic N) is 2. The summed E-state index contributed by atoms with van der Waals surface area (Å²) in [5.41, 5.74) is 6.23. The molecule has 0 aliphatic rings. The van der Waals surface area contributed by atoms with Crippen molar-refractivity contribution in [2.75, 3.05) is 12.3 Å². The van der Waals surface area contributed by atoms with Crippen LogP contribution in [0.4, 0.5) is 0 Å². The van der Waals surface area contributed by atoms with Gasteiger partial charge in [0.1, 0.15) is 0 Å². The molecule has 0 saturated heterocycles. The molecule has 0 aliphatic carbocycles. The maximum Gasteiger partial charge on any atom is 0.258 e. The summed E-state index contributed by atoms with van der Waals surface area (Å²) in [4.78, 5) is 28.5. The number of hydrogen-bond acceptors (Lipinski definition) is 6. The molecule has 2 rings (SSSR count). The van der Waals surface area contributed by atoms with E-state index in [1.807, 2.05) is 12.3 Å². The van der Waals surface area contributed by atoms with Crippen molar-refractivity contribution >= 4 is 46.4 Å². The molecule has 1 unspecified atom stereocenters. The number of fused-ring (bicyclic) bond motifs is 1. The van der Waals surface area contributed by atoms with Crippen molar-refractivity contribution in [2.45, 2.75) is 25.1 Å². The van der Waals surface area contributed by atoms with Crippen LogP contribution in [-0.4, -0.2) is 33.6 Å². The molecular weight excluding hydrogens is 344 g/mol. The SMILES string of the molecule is CC(N)CCNC(=O)CSCc1cc(=O)n2ccsc2n1.Cl. The summed E-state index contributed by atoms with van der Waals surface area (Å²) >= 11 is 2.86. The van der Waals surface area contributed by atoms with Crippen LogP contribution in [0.1, 0.15) is 19.0 Å². The average Bonchev–Trinajstić information content (AvgIpc) is 2.87. The number of amides is 1. The van der Waals surface area contributed by atoms with Crippen LogP contribution >= 0.6 is 35.5 Å². The van der Waals surface area contributed by atoms with Gasteiger partial charge in [-0.25, -0.2) is 4.98 Å². The van der Waals surface area contributed by atoms with Gasteiger partial charge in [0.2, 0.25) is 5.91 Å². The topological polar surface area (TPSA) is 89.5 Å². The van der Waals surface area contributed by atoms with E-state index in [4.69, 9.17) is 5.73 Å². The van der Waals surface area contributed by atoms with Gasteiger partial charge in [-0.15, -0.1) is 35.5 Å². The first kappa shape index (κ1) is 19.0. The maximum absolute atomic E-state index is 11.8. The van der Waals surface area contributed by atoms with Crippen LogP contribution in [0.2, 0.25) is 0 Å². The van der Waals surface area contributed by atoms with Crippen molar-refractivity contribution in [3.8, 4) is 0 Å². The zero-order valence-electron chi connectivity index (χ0n) is 12.2. The molecule has 22 heavy (non-hydrogen) atoms. The molecule has 0 aromatic carbocycles. The third-order valence-electron chi connectivity index (χ3n) is 2.76. The van der Waals surface area contributed by atoms with Crippen molar-refractivity contribution < 1.29 is 4.79 Å². The Labute approximate surface area is 142 Å². The molecule has 3 N–H and O–H groups in total. The summed E-state index contributed by atoms with van der Waals surface area (Å²) < 4.78 is 1.51. The lowest BCUT2D eigenvalue weighted by Crippen LogP contribution is -2.30. The smallest absolute Gasteiger partial charge is 0.258 e. The van der Waals surface area contributed by atoms with E-state index in [2.05, 4.69) is 10.3 Å². The molecule has 0 fully saturated rings. The molecule has 1 amide bonds. The van der Waals surface area contributed by atoms with E-state index in [1.54, 1.807) is 6.20 Å². The molecule has 0 aliphatic heterocycles. The van der Waals surface area contributed by atoms with Gasteiger partial charge in [0.15, 0.2) is 4.96 Å². The van der Waals surface area contributed by atoms with E-state index >= 15 is 0 Å². The third kappa shape index (κ3) is 5.60. The highest BCUT2D eigenvalue weighted by molar-refractivity contribution is 7.99. The Morgan fingerprint density at radius 3 is 3.09 bits per heavy atom. The second-order valence-electron chi connectivity index (χ2n) is 4.75. The number of hydrogen-bond donors (Lipinski definition) is 2. The van der Waals surface area contributed by atoms with Crippen LogP contribution in [0.3, 0.4) is 0 Å². The fourth-order valence-electron chi connectivity index (χ4n) is 1.70. The number of nitrogens with one attached hydrogen (secondary N) is 1. The van der Waals surface area contributed by atoms with Crippen LogP contribution in [0.25, 0.3) is 4.96 Å². The van der Waals surface area contributed by atoms with E-state index < -0.39 is 0 Å². The molecule has 0 radical (unpaired) electrons. The Bertz CT molecular complexity index is 671. The average molecular weight is 363 g/mol. The molecule has 0 bridgehead atoms. The number of halogens is 1. The highest BCUT2D eigenvalue weighted by Gasteiger charge is 2.06. The van der Waals surface area contributed by atoms with E-state index in [1.165, 1.54) is 33.6 Å². The van der Waals surface area contributed by atoms with Crippen LogP contribution in [0.5, 0.6) is 0 Å². The van der Waals surface area contributed by atoms with Crippen LogP contribution in [0.15, 0.2) is 22.4 Å². The second kappa shape index (κ2) is 9.14. The number of nitrogens with two attached hydrogens (primary N) is 1.